The molecule has 1 aromatic heterocycles. The number of carbonyl (C=O) groups excluding carboxylic acids is 1. The van der Waals surface area contributed by atoms with Crippen LogP contribution in [0.2, 0.25) is 0 Å². The molecule has 0 fully saturated rings. The average Bonchev–Trinajstić information content (AvgIpc) is 2.96. The van der Waals surface area contributed by atoms with Crippen LogP contribution < -0.4 is 10.1 Å². The van der Waals surface area contributed by atoms with Gasteiger partial charge in [0.05, 0.1) is 7.11 Å². The van der Waals surface area contributed by atoms with Crippen molar-refractivity contribution < 1.29 is 9.53 Å². The van der Waals surface area contributed by atoms with E-state index in [1.807, 2.05) is 42.6 Å². The van der Waals surface area contributed by atoms with Gasteiger partial charge in [0, 0.05) is 30.4 Å². The minimum atomic E-state index is 0.0421. The molecule has 19 heavy (non-hydrogen) atoms. The Kier molecular flexibility index (Phi) is 4.61. The summed E-state index contributed by atoms with van der Waals surface area (Å²) in [5.41, 5.74) is 2.06. The van der Waals surface area contributed by atoms with E-state index in [1.165, 1.54) is 0 Å². The second-order valence-electron chi connectivity index (χ2n) is 4.28. The Hall–Kier alpha value is -2.23. The number of hydrogen-bond acceptors (Lipinski definition) is 2. The standard InChI is InChI=1S/C15H18N2O2/c1-19-14-7-3-2-5-12(14)11-17-15(18)9-8-13-6-4-10-16-13/h2-7,10,16H,8-9,11H2,1H3,(H,17,18). The number of aromatic nitrogens is 1. The summed E-state index contributed by atoms with van der Waals surface area (Å²) in [6, 6.07) is 11.6. The number of rotatable bonds is 6. The van der Waals surface area contributed by atoms with Gasteiger partial charge in [-0.25, -0.2) is 0 Å². The molecule has 0 radical (unpaired) electrons. The van der Waals surface area contributed by atoms with Crippen LogP contribution in [0.5, 0.6) is 5.75 Å². The van der Waals surface area contributed by atoms with Crippen LogP contribution in [-0.4, -0.2) is 18.0 Å². The fourth-order valence-electron chi connectivity index (χ4n) is 1.90. The average molecular weight is 258 g/mol. The third-order valence-corrected chi connectivity index (χ3v) is 2.95. The summed E-state index contributed by atoms with van der Waals surface area (Å²) in [7, 11) is 1.63. The van der Waals surface area contributed by atoms with E-state index in [4.69, 9.17) is 4.74 Å². The summed E-state index contributed by atoms with van der Waals surface area (Å²) in [5.74, 6) is 0.840. The predicted molar refractivity (Wildman–Crippen MR) is 74.0 cm³/mol. The van der Waals surface area contributed by atoms with E-state index in [1.54, 1.807) is 7.11 Å². The summed E-state index contributed by atoms with van der Waals surface area (Å²) in [5, 5.41) is 2.90. The number of methoxy groups -OCH3 is 1. The van der Waals surface area contributed by atoms with Gasteiger partial charge in [-0.15, -0.1) is 0 Å². The number of para-hydroxylation sites is 1. The summed E-state index contributed by atoms with van der Waals surface area (Å²) in [4.78, 5) is 14.8. The molecule has 2 rings (SSSR count). The highest BCUT2D eigenvalue weighted by Gasteiger charge is 2.05. The van der Waals surface area contributed by atoms with Crippen molar-refractivity contribution in [3.8, 4) is 5.75 Å². The number of aromatic amines is 1. The zero-order valence-corrected chi connectivity index (χ0v) is 11.0. The van der Waals surface area contributed by atoms with Crippen LogP contribution in [0.25, 0.3) is 0 Å². The van der Waals surface area contributed by atoms with Crippen LogP contribution >= 0.6 is 0 Å². The second-order valence-corrected chi connectivity index (χ2v) is 4.28. The number of amides is 1. The molecule has 0 saturated heterocycles. The van der Waals surface area contributed by atoms with E-state index in [-0.39, 0.29) is 5.91 Å². The lowest BCUT2D eigenvalue weighted by molar-refractivity contribution is -0.121. The van der Waals surface area contributed by atoms with Crippen LogP contribution in [0, 0.1) is 0 Å². The van der Waals surface area contributed by atoms with Crippen LogP contribution in [0.1, 0.15) is 17.7 Å². The Labute approximate surface area is 112 Å². The van der Waals surface area contributed by atoms with E-state index in [2.05, 4.69) is 10.3 Å². The lowest BCUT2D eigenvalue weighted by Gasteiger charge is -2.09. The molecule has 0 aliphatic heterocycles. The van der Waals surface area contributed by atoms with E-state index in [0.717, 1.165) is 23.4 Å². The highest BCUT2D eigenvalue weighted by atomic mass is 16.5. The topological polar surface area (TPSA) is 54.1 Å². The molecule has 0 aliphatic rings. The van der Waals surface area contributed by atoms with Gasteiger partial charge in [0.1, 0.15) is 5.75 Å². The van der Waals surface area contributed by atoms with Crippen LogP contribution in [-0.2, 0) is 17.8 Å². The van der Waals surface area contributed by atoms with Gasteiger partial charge in [-0.2, -0.15) is 0 Å². The lowest BCUT2D eigenvalue weighted by atomic mass is 10.2. The van der Waals surface area contributed by atoms with Crippen molar-refractivity contribution in [2.24, 2.45) is 0 Å². The molecule has 0 spiro atoms. The van der Waals surface area contributed by atoms with Gasteiger partial charge < -0.3 is 15.0 Å². The minimum absolute atomic E-state index is 0.0421. The second kappa shape index (κ2) is 6.64. The maximum absolute atomic E-state index is 11.7. The van der Waals surface area contributed by atoms with Gasteiger partial charge in [0.2, 0.25) is 5.91 Å². The molecule has 1 amide bonds. The van der Waals surface area contributed by atoms with E-state index < -0.39 is 0 Å². The number of nitrogens with one attached hydrogen (secondary N) is 2. The van der Waals surface area contributed by atoms with Gasteiger partial charge in [-0.1, -0.05) is 18.2 Å². The SMILES string of the molecule is COc1ccccc1CNC(=O)CCc1ccc[nH]1. The summed E-state index contributed by atoms with van der Waals surface area (Å²) in [6.07, 6.45) is 3.07. The first-order valence-electron chi connectivity index (χ1n) is 6.30. The molecule has 2 aromatic rings. The number of ether oxygens (including phenoxy) is 1. The first-order chi connectivity index (χ1) is 9.29. The fourth-order valence-corrected chi connectivity index (χ4v) is 1.90. The van der Waals surface area contributed by atoms with Gasteiger partial charge in [-0.3, -0.25) is 4.79 Å². The van der Waals surface area contributed by atoms with Crippen molar-refractivity contribution >= 4 is 5.91 Å². The monoisotopic (exact) mass is 258 g/mol. The quantitative estimate of drug-likeness (QED) is 0.835. The number of carbonyl (C=O) groups is 1. The van der Waals surface area contributed by atoms with Crippen LogP contribution in [0.4, 0.5) is 0 Å². The number of hydrogen-bond donors (Lipinski definition) is 2. The third-order valence-electron chi connectivity index (χ3n) is 2.95. The maximum Gasteiger partial charge on any atom is 0.220 e. The zero-order chi connectivity index (χ0) is 13.5. The smallest absolute Gasteiger partial charge is 0.220 e. The van der Waals surface area contributed by atoms with Crippen LogP contribution in [0.15, 0.2) is 42.6 Å². The lowest BCUT2D eigenvalue weighted by Crippen LogP contribution is -2.23. The molecule has 4 heteroatoms. The van der Waals surface area contributed by atoms with Crippen molar-refractivity contribution in [2.75, 3.05) is 7.11 Å². The minimum Gasteiger partial charge on any atom is -0.496 e. The van der Waals surface area contributed by atoms with Gasteiger partial charge >= 0.3 is 0 Å². The molecule has 0 saturated carbocycles. The largest absolute Gasteiger partial charge is 0.496 e. The van der Waals surface area contributed by atoms with Gasteiger partial charge in [0.25, 0.3) is 0 Å². The number of aryl methyl sites for hydroxylation is 1. The Bertz CT molecular complexity index is 521. The van der Waals surface area contributed by atoms with Crippen molar-refractivity contribution in [3.05, 3.63) is 53.9 Å². The molecule has 4 nitrogen and oxygen atoms in total. The molecule has 0 bridgehead atoms. The Balaban J connectivity index is 1.80. The summed E-state index contributed by atoms with van der Waals surface area (Å²) >= 11 is 0. The van der Waals surface area contributed by atoms with Crippen molar-refractivity contribution in [1.82, 2.24) is 10.3 Å². The first kappa shape index (κ1) is 13.2. The Morgan fingerprint density at radius 3 is 2.84 bits per heavy atom. The number of H-pyrrole nitrogens is 1. The molecule has 0 atom stereocenters. The van der Waals surface area contributed by atoms with Crippen molar-refractivity contribution in [3.63, 3.8) is 0 Å². The number of benzene rings is 1. The highest BCUT2D eigenvalue weighted by molar-refractivity contribution is 5.76. The molecule has 100 valence electrons. The van der Waals surface area contributed by atoms with Gasteiger partial charge in [-0.05, 0) is 24.6 Å². The molecular weight excluding hydrogens is 240 g/mol. The van der Waals surface area contributed by atoms with Crippen LogP contribution in [0.3, 0.4) is 0 Å². The molecular formula is C15H18N2O2. The van der Waals surface area contributed by atoms with Crippen molar-refractivity contribution in [1.29, 1.82) is 0 Å². The van der Waals surface area contributed by atoms with Crippen molar-refractivity contribution in [2.45, 2.75) is 19.4 Å². The molecule has 2 N–H and O–H groups in total. The molecule has 1 aromatic carbocycles. The van der Waals surface area contributed by atoms with E-state index in [0.29, 0.717) is 13.0 Å². The summed E-state index contributed by atoms with van der Waals surface area (Å²) < 4.78 is 5.24. The first-order valence-corrected chi connectivity index (χ1v) is 6.30. The van der Waals surface area contributed by atoms with Gasteiger partial charge in [0.15, 0.2) is 0 Å². The predicted octanol–water partition coefficient (Wildman–Crippen LogP) is 2.27. The van der Waals surface area contributed by atoms with E-state index in [9.17, 15) is 4.79 Å². The fraction of sp³-hybridized carbons (Fsp3) is 0.267. The van der Waals surface area contributed by atoms with E-state index >= 15 is 0 Å². The maximum atomic E-state index is 11.7. The normalized spacial score (nSPS) is 10.2. The highest BCUT2D eigenvalue weighted by Crippen LogP contribution is 2.16. The Morgan fingerprint density at radius 1 is 1.26 bits per heavy atom. The molecule has 0 unspecified atom stereocenters. The Morgan fingerprint density at radius 2 is 2.11 bits per heavy atom. The summed E-state index contributed by atoms with van der Waals surface area (Å²) in [6.45, 7) is 0.494. The molecule has 1 heterocycles. The molecule has 0 aliphatic carbocycles. The zero-order valence-electron chi connectivity index (χ0n) is 11.0. The third kappa shape index (κ3) is 3.88.